The van der Waals surface area contributed by atoms with E-state index in [0.717, 1.165) is 10.1 Å². The molecule has 0 fully saturated rings. The molecule has 0 saturated carbocycles. The molecule has 1 N–H and O–H groups in total. The van der Waals surface area contributed by atoms with Gasteiger partial charge in [-0.25, -0.2) is 0 Å². The highest BCUT2D eigenvalue weighted by Gasteiger charge is 2.09. The van der Waals surface area contributed by atoms with Gasteiger partial charge in [-0.2, -0.15) is 0 Å². The van der Waals surface area contributed by atoms with Crippen molar-refractivity contribution in [3.8, 4) is 5.75 Å². The maximum absolute atomic E-state index is 12.3. The molecular formula is C21H21N3O4. The highest BCUT2D eigenvalue weighted by Crippen LogP contribution is 2.14. The molecule has 1 aromatic heterocycles. The number of rotatable bonds is 7. The van der Waals surface area contributed by atoms with E-state index in [1.165, 1.54) is 17.0 Å². The Bertz CT molecular complexity index is 1050. The van der Waals surface area contributed by atoms with E-state index in [2.05, 4.69) is 5.32 Å². The molecule has 0 saturated heterocycles. The zero-order valence-corrected chi connectivity index (χ0v) is 15.5. The summed E-state index contributed by atoms with van der Waals surface area (Å²) in [6, 6.07) is 16.5. The summed E-state index contributed by atoms with van der Waals surface area (Å²) in [4.78, 5) is 36.8. The van der Waals surface area contributed by atoms with Crippen LogP contribution in [0.4, 0.5) is 5.69 Å². The van der Waals surface area contributed by atoms with Crippen molar-refractivity contribution in [2.75, 3.05) is 12.4 Å². The van der Waals surface area contributed by atoms with Crippen molar-refractivity contribution >= 4 is 11.6 Å². The van der Waals surface area contributed by atoms with Gasteiger partial charge < -0.3 is 14.6 Å². The van der Waals surface area contributed by atoms with Crippen molar-refractivity contribution in [1.29, 1.82) is 0 Å². The topological polar surface area (TPSA) is 82.3 Å². The standard InChI is InChI=1S/C21H21N3O4/c1-28-18-9-7-17(8-10-18)22-19(25)15-24-14-13-23(20(26)21(24)27)12-11-16-5-3-2-4-6-16/h2-10,13-14H,11-12,15H2,1H3,(H,22,25). The second kappa shape index (κ2) is 8.85. The van der Waals surface area contributed by atoms with Gasteiger partial charge in [-0.1, -0.05) is 30.3 Å². The van der Waals surface area contributed by atoms with Crippen LogP contribution in [0.25, 0.3) is 0 Å². The summed E-state index contributed by atoms with van der Waals surface area (Å²) in [5, 5.41) is 2.69. The van der Waals surface area contributed by atoms with Gasteiger partial charge in [0.05, 0.1) is 7.11 Å². The monoisotopic (exact) mass is 379 g/mol. The minimum Gasteiger partial charge on any atom is -0.497 e. The van der Waals surface area contributed by atoms with Crippen LogP contribution in [0.1, 0.15) is 5.56 Å². The van der Waals surface area contributed by atoms with Gasteiger partial charge in [-0.3, -0.25) is 19.0 Å². The third-order valence-corrected chi connectivity index (χ3v) is 4.30. The molecule has 7 heteroatoms. The summed E-state index contributed by atoms with van der Waals surface area (Å²) in [6.45, 7) is 0.163. The molecular weight excluding hydrogens is 358 g/mol. The van der Waals surface area contributed by atoms with Crippen molar-refractivity contribution in [3.63, 3.8) is 0 Å². The molecule has 0 atom stereocenters. The predicted octanol–water partition coefficient (Wildman–Crippen LogP) is 1.90. The van der Waals surface area contributed by atoms with Crippen molar-refractivity contribution in [1.82, 2.24) is 9.13 Å². The predicted molar refractivity (Wildman–Crippen MR) is 107 cm³/mol. The Labute approximate surface area is 161 Å². The Hall–Kier alpha value is -3.61. The van der Waals surface area contributed by atoms with Gasteiger partial charge in [0.1, 0.15) is 12.3 Å². The fourth-order valence-electron chi connectivity index (χ4n) is 2.77. The Kier molecular flexibility index (Phi) is 6.06. The highest BCUT2D eigenvalue weighted by molar-refractivity contribution is 5.90. The lowest BCUT2D eigenvalue weighted by atomic mass is 10.1. The van der Waals surface area contributed by atoms with Crippen LogP contribution in [0.5, 0.6) is 5.75 Å². The van der Waals surface area contributed by atoms with Crippen molar-refractivity contribution in [2.45, 2.75) is 19.5 Å². The van der Waals surface area contributed by atoms with Crippen LogP contribution in [-0.2, 0) is 24.3 Å². The first-order valence-electron chi connectivity index (χ1n) is 8.84. The molecule has 0 aliphatic rings. The average Bonchev–Trinajstić information content (AvgIpc) is 2.72. The first-order valence-corrected chi connectivity index (χ1v) is 8.84. The van der Waals surface area contributed by atoms with E-state index in [-0.39, 0.29) is 6.54 Å². The van der Waals surface area contributed by atoms with E-state index >= 15 is 0 Å². The summed E-state index contributed by atoms with van der Waals surface area (Å²) < 4.78 is 7.54. The number of carbonyl (C=O) groups is 1. The minimum atomic E-state index is -0.722. The fraction of sp³-hybridized carbons (Fsp3) is 0.190. The quantitative estimate of drug-likeness (QED) is 0.636. The van der Waals surface area contributed by atoms with Crippen LogP contribution in [0.3, 0.4) is 0 Å². The second-order valence-corrected chi connectivity index (χ2v) is 6.24. The van der Waals surface area contributed by atoms with Crippen LogP contribution < -0.4 is 21.2 Å². The number of nitrogens with one attached hydrogen (secondary N) is 1. The number of hydrogen-bond donors (Lipinski definition) is 1. The summed E-state index contributed by atoms with van der Waals surface area (Å²) in [5.74, 6) is 0.280. The lowest BCUT2D eigenvalue weighted by Gasteiger charge is -2.10. The molecule has 0 aliphatic heterocycles. The highest BCUT2D eigenvalue weighted by atomic mass is 16.5. The average molecular weight is 379 g/mol. The number of aromatic nitrogens is 2. The van der Waals surface area contributed by atoms with E-state index in [1.807, 2.05) is 30.3 Å². The van der Waals surface area contributed by atoms with Crippen LogP contribution in [0.15, 0.2) is 76.6 Å². The van der Waals surface area contributed by atoms with Gasteiger partial charge >= 0.3 is 11.1 Å². The van der Waals surface area contributed by atoms with Crippen molar-refractivity contribution in [2.24, 2.45) is 0 Å². The molecule has 3 aromatic rings. The number of carbonyl (C=O) groups excluding carboxylic acids is 1. The SMILES string of the molecule is COc1ccc(NC(=O)Cn2ccn(CCc3ccccc3)c(=O)c2=O)cc1. The van der Waals surface area contributed by atoms with E-state index in [0.29, 0.717) is 24.4 Å². The van der Waals surface area contributed by atoms with E-state index in [4.69, 9.17) is 4.74 Å². The molecule has 0 bridgehead atoms. The smallest absolute Gasteiger partial charge is 0.316 e. The molecule has 0 spiro atoms. The molecule has 1 amide bonds. The lowest BCUT2D eigenvalue weighted by molar-refractivity contribution is -0.116. The lowest BCUT2D eigenvalue weighted by Crippen LogP contribution is -2.42. The van der Waals surface area contributed by atoms with Crippen LogP contribution in [0.2, 0.25) is 0 Å². The maximum atomic E-state index is 12.3. The summed E-state index contributed by atoms with van der Waals surface area (Å²) in [5.41, 5.74) is 0.295. The Morgan fingerprint density at radius 2 is 1.57 bits per heavy atom. The summed E-state index contributed by atoms with van der Waals surface area (Å²) in [6.07, 6.45) is 3.64. The number of benzene rings is 2. The van der Waals surface area contributed by atoms with E-state index < -0.39 is 17.0 Å². The maximum Gasteiger partial charge on any atom is 0.316 e. The molecule has 28 heavy (non-hydrogen) atoms. The van der Waals surface area contributed by atoms with E-state index in [1.54, 1.807) is 31.4 Å². The van der Waals surface area contributed by atoms with Gasteiger partial charge in [-0.15, -0.1) is 0 Å². The minimum absolute atomic E-state index is 0.236. The number of methoxy groups -OCH3 is 1. The van der Waals surface area contributed by atoms with Gasteiger partial charge in [0, 0.05) is 24.6 Å². The Morgan fingerprint density at radius 3 is 2.25 bits per heavy atom. The molecule has 2 aromatic carbocycles. The normalized spacial score (nSPS) is 10.5. The van der Waals surface area contributed by atoms with E-state index in [9.17, 15) is 14.4 Å². The Morgan fingerprint density at radius 1 is 0.929 bits per heavy atom. The van der Waals surface area contributed by atoms with Crippen LogP contribution >= 0.6 is 0 Å². The second-order valence-electron chi connectivity index (χ2n) is 6.24. The number of hydrogen-bond acceptors (Lipinski definition) is 4. The molecule has 1 heterocycles. The number of amides is 1. The third kappa shape index (κ3) is 4.76. The van der Waals surface area contributed by atoms with Crippen LogP contribution in [0, 0.1) is 0 Å². The number of ether oxygens (including phenoxy) is 1. The third-order valence-electron chi connectivity index (χ3n) is 4.30. The molecule has 0 aliphatic carbocycles. The number of anilines is 1. The Balaban J connectivity index is 1.65. The largest absolute Gasteiger partial charge is 0.497 e. The van der Waals surface area contributed by atoms with Gasteiger partial charge in [0.2, 0.25) is 5.91 Å². The summed E-state index contributed by atoms with van der Waals surface area (Å²) >= 11 is 0. The fourth-order valence-corrected chi connectivity index (χ4v) is 2.77. The zero-order valence-electron chi connectivity index (χ0n) is 15.5. The van der Waals surface area contributed by atoms with Gasteiger partial charge in [0.25, 0.3) is 0 Å². The molecule has 3 rings (SSSR count). The van der Waals surface area contributed by atoms with Crippen LogP contribution in [-0.4, -0.2) is 22.2 Å². The first kappa shape index (κ1) is 19.2. The van der Waals surface area contributed by atoms with Gasteiger partial charge in [-0.05, 0) is 36.2 Å². The molecule has 7 nitrogen and oxygen atoms in total. The molecule has 0 unspecified atom stereocenters. The van der Waals surface area contributed by atoms with Gasteiger partial charge in [0.15, 0.2) is 0 Å². The number of nitrogens with zero attached hydrogens (tertiary/aromatic N) is 2. The van der Waals surface area contributed by atoms with Crippen molar-refractivity contribution < 1.29 is 9.53 Å². The van der Waals surface area contributed by atoms with Crippen molar-refractivity contribution in [3.05, 3.63) is 93.3 Å². The number of aryl methyl sites for hydroxylation is 2. The molecule has 144 valence electrons. The zero-order chi connectivity index (χ0) is 19.9. The first-order chi connectivity index (χ1) is 13.6. The summed E-state index contributed by atoms with van der Waals surface area (Å²) in [7, 11) is 1.56. The molecule has 0 radical (unpaired) electrons.